The molecule has 108 valence electrons. The van der Waals surface area contributed by atoms with Gasteiger partial charge in [0.05, 0.1) is 24.4 Å². The Morgan fingerprint density at radius 3 is 2.80 bits per heavy atom. The van der Waals surface area contributed by atoms with Crippen LogP contribution in [0.25, 0.3) is 0 Å². The van der Waals surface area contributed by atoms with E-state index in [0.717, 1.165) is 5.56 Å². The van der Waals surface area contributed by atoms with Crippen LogP contribution in [0, 0.1) is 11.7 Å². The van der Waals surface area contributed by atoms with Crippen LogP contribution in [0.5, 0.6) is 0 Å². The van der Waals surface area contributed by atoms with Gasteiger partial charge < -0.3 is 15.2 Å². The Kier molecular flexibility index (Phi) is 3.96. The molecule has 0 radical (unpaired) electrons. The monoisotopic (exact) mass is 297 g/mol. The lowest BCUT2D eigenvalue weighted by Gasteiger charge is -2.25. The number of hydrogen-bond acceptors (Lipinski definition) is 4. The zero-order chi connectivity index (χ0) is 14.1. The van der Waals surface area contributed by atoms with Crippen LogP contribution < -0.4 is 5.32 Å². The van der Waals surface area contributed by atoms with Crippen LogP contribution in [0.1, 0.15) is 18.0 Å². The molecule has 6 heteroatoms. The van der Waals surface area contributed by atoms with Gasteiger partial charge in [-0.05, 0) is 24.1 Å². The van der Waals surface area contributed by atoms with Crippen molar-refractivity contribution >= 4 is 17.7 Å². The van der Waals surface area contributed by atoms with Gasteiger partial charge in [0.15, 0.2) is 0 Å². The Bertz CT molecular complexity index is 521. The van der Waals surface area contributed by atoms with Crippen molar-refractivity contribution in [3.8, 4) is 0 Å². The topological polar surface area (TPSA) is 58.6 Å². The molecule has 0 amide bonds. The average Bonchev–Trinajstić information content (AvgIpc) is 2.84. The van der Waals surface area contributed by atoms with Crippen LogP contribution in [-0.4, -0.2) is 36.1 Å². The van der Waals surface area contributed by atoms with E-state index < -0.39 is 5.97 Å². The molecule has 2 aliphatic heterocycles. The minimum absolute atomic E-state index is 0.0725. The predicted molar refractivity (Wildman–Crippen MR) is 73.4 cm³/mol. The minimum Gasteiger partial charge on any atom is -0.481 e. The summed E-state index contributed by atoms with van der Waals surface area (Å²) in [6, 6.07) is 5.11. The molecule has 2 heterocycles. The molecule has 2 atom stereocenters. The average molecular weight is 297 g/mol. The van der Waals surface area contributed by atoms with E-state index in [2.05, 4.69) is 5.32 Å². The highest BCUT2D eigenvalue weighted by molar-refractivity contribution is 8.00. The van der Waals surface area contributed by atoms with Crippen molar-refractivity contribution in [2.75, 3.05) is 19.8 Å². The Morgan fingerprint density at radius 2 is 2.25 bits per heavy atom. The maximum Gasteiger partial charge on any atom is 0.307 e. The van der Waals surface area contributed by atoms with E-state index in [0.29, 0.717) is 36.3 Å². The zero-order valence-electron chi connectivity index (χ0n) is 10.8. The molecular formula is C14H16FNO3S. The van der Waals surface area contributed by atoms with Crippen molar-refractivity contribution in [1.29, 1.82) is 0 Å². The lowest BCUT2D eigenvalue weighted by molar-refractivity contribution is -0.141. The maximum atomic E-state index is 14.1. The number of rotatable bonds is 4. The number of thioether (sulfide) groups is 1. The van der Waals surface area contributed by atoms with Gasteiger partial charge >= 0.3 is 5.97 Å². The number of hydrogen-bond donors (Lipinski definition) is 2. The van der Waals surface area contributed by atoms with E-state index >= 15 is 0 Å². The first-order valence-corrected chi connectivity index (χ1v) is 7.51. The number of nitrogens with one attached hydrogen (secondary N) is 1. The number of carboxylic acid groups (broad SMARTS) is 1. The third-order valence-electron chi connectivity index (χ3n) is 3.74. The second-order valence-corrected chi connectivity index (χ2v) is 6.54. The van der Waals surface area contributed by atoms with Crippen molar-refractivity contribution in [2.45, 2.75) is 22.6 Å². The first kappa shape index (κ1) is 13.9. The molecule has 0 saturated carbocycles. The summed E-state index contributed by atoms with van der Waals surface area (Å²) in [6.07, 6.45) is 0.512. The van der Waals surface area contributed by atoms with Crippen molar-refractivity contribution in [2.24, 2.45) is 5.92 Å². The molecule has 1 aromatic rings. The van der Waals surface area contributed by atoms with Gasteiger partial charge in [-0.15, -0.1) is 11.8 Å². The van der Waals surface area contributed by atoms with E-state index in [-0.39, 0.29) is 17.8 Å². The highest BCUT2D eigenvalue weighted by Crippen LogP contribution is 2.33. The van der Waals surface area contributed by atoms with Gasteiger partial charge in [0.25, 0.3) is 0 Å². The fraction of sp³-hybridized carbons (Fsp3) is 0.500. The maximum absolute atomic E-state index is 14.1. The largest absolute Gasteiger partial charge is 0.481 e. The second kappa shape index (κ2) is 5.71. The third-order valence-corrected chi connectivity index (χ3v) is 4.93. The highest BCUT2D eigenvalue weighted by Gasteiger charge is 2.30. The van der Waals surface area contributed by atoms with Crippen molar-refractivity contribution in [3.05, 3.63) is 29.6 Å². The smallest absolute Gasteiger partial charge is 0.307 e. The van der Waals surface area contributed by atoms with Crippen molar-refractivity contribution in [3.63, 3.8) is 0 Å². The van der Waals surface area contributed by atoms with Gasteiger partial charge in [-0.2, -0.15) is 0 Å². The number of aliphatic carboxylic acids is 1. The Balaban J connectivity index is 1.68. The van der Waals surface area contributed by atoms with E-state index in [1.165, 1.54) is 17.8 Å². The number of carboxylic acids is 1. The summed E-state index contributed by atoms with van der Waals surface area (Å²) in [6.45, 7) is 1.80. The van der Waals surface area contributed by atoms with Gasteiger partial charge in [-0.3, -0.25) is 4.79 Å². The van der Waals surface area contributed by atoms with Gasteiger partial charge in [0.1, 0.15) is 5.82 Å². The van der Waals surface area contributed by atoms with Gasteiger partial charge in [-0.1, -0.05) is 6.07 Å². The quantitative estimate of drug-likeness (QED) is 0.891. The summed E-state index contributed by atoms with van der Waals surface area (Å²) >= 11 is 1.50. The fourth-order valence-electron chi connectivity index (χ4n) is 2.47. The van der Waals surface area contributed by atoms with Gasteiger partial charge in [-0.25, -0.2) is 4.39 Å². The first-order chi connectivity index (χ1) is 9.63. The lowest BCUT2D eigenvalue weighted by Crippen LogP contribution is -2.30. The molecule has 2 N–H and O–H groups in total. The van der Waals surface area contributed by atoms with E-state index in [1.54, 1.807) is 6.07 Å². The number of carbonyl (C=O) groups is 1. The Labute approximate surface area is 120 Å². The number of benzene rings is 1. The SMILES string of the molecule is O=C(O)C1CNC(c2ccc(SC3COC3)c(F)c2)C1. The molecule has 0 aliphatic carbocycles. The summed E-state index contributed by atoms with van der Waals surface area (Å²) in [7, 11) is 0. The summed E-state index contributed by atoms with van der Waals surface area (Å²) in [5.41, 5.74) is 0.820. The predicted octanol–water partition coefficient (Wildman–Crippen LogP) is 2.05. The molecular weight excluding hydrogens is 281 g/mol. The zero-order valence-corrected chi connectivity index (χ0v) is 11.7. The Hall–Kier alpha value is -1.11. The molecule has 20 heavy (non-hydrogen) atoms. The molecule has 0 bridgehead atoms. The van der Waals surface area contributed by atoms with Crippen molar-refractivity contribution in [1.82, 2.24) is 5.32 Å². The molecule has 2 unspecified atom stereocenters. The van der Waals surface area contributed by atoms with Crippen molar-refractivity contribution < 1.29 is 19.0 Å². The van der Waals surface area contributed by atoms with Crippen LogP contribution in [0.15, 0.2) is 23.1 Å². The highest BCUT2D eigenvalue weighted by atomic mass is 32.2. The minimum atomic E-state index is -0.794. The molecule has 3 rings (SSSR count). The molecule has 2 saturated heterocycles. The second-order valence-electron chi connectivity index (χ2n) is 5.20. The van der Waals surface area contributed by atoms with Crippen LogP contribution in [0.3, 0.4) is 0 Å². The Morgan fingerprint density at radius 1 is 1.45 bits per heavy atom. The molecule has 2 aliphatic rings. The van der Waals surface area contributed by atoms with E-state index in [9.17, 15) is 9.18 Å². The summed E-state index contributed by atoms with van der Waals surface area (Å²) in [4.78, 5) is 11.6. The lowest BCUT2D eigenvalue weighted by atomic mass is 10.0. The molecule has 0 spiro atoms. The molecule has 0 aromatic heterocycles. The van der Waals surface area contributed by atoms with Crippen LogP contribution in [-0.2, 0) is 9.53 Å². The first-order valence-electron chi connectivity index (χ1n) is 6.63. The van der Waals surface area contributed by atoms with E-state index in [4.69, 9.17) is 9.84 Å². The normalized spacial score (nSPS) is 26.4. The fourth-order valence-corrected chi connectivity index (χ4v) is 3.47. The standard InChI is InChI=1S/C14H16FNO3S/c15-11-3-8(12-4-9(5-16-12)14(17)18)1-2-13(11)20-10-6-19-7-10/h1-3,9-10,12,16H,4-7H2,(H,17,18). The number of halogens is 1. The van der Waals surface area contributed by atoms with Gasteiger partial charge in [0.2, 0.25) is 0 Å². The summed E-state index contributed by atoms with van der Waals surface area (Å²) < 4.78 is 19.2. The summed E-state index contributed by atoms with van der Waals surface area (Å²) in [5.74, 6) is -1.41. The van der Waals surface area contributed by atoms with Gasteiger partial charge in [0, 0.05) is 17.5 Å². The van der Waals surface area contributed by atoms with Crippen LogP contribution in [0.4, 0.5) is 4.39 Å². The molecule has 4 nitrogen and oxygen atoms in total. The molecule has 1 aromatic carbocycles. The number of ether oxygens (including phenoxy) is 1. The molecule has 2 fully saturated rings. The van der Waals surface area contributed by atoms with Crippen LogP contribution in [0.2, 0.25) is 0 Å². The van der Waals surface area contributed by atoms with Crippen LogP contribution >= 0.6 is 11.8 Å². The van der Waals surface area contributed by atoms with E-state index in [1.807, 2.05) is 6.07 Å². The summed E-state index contributed by atoms with van der Waals surface area (Å²) in [5, 5.41) is 12.5. The third kappa shape index (κ3) is 2.82.